The SMILES string of the molecule is COc1ccccc1-c1ccc(NCCNC(C)=O)nn1. The Labute approximate surface area is 123 Å². The molecule has 1 amide bonds. The Morgan fingerprint density at radius 2 is 1.95 bits per heavy atom. The van der Waals surface area contributed by atoms with Crippen LogP contribution < -0.4 is 15.4 Å². The van der Waals surface area contributed by atoms with Crippen molar-refractivity contribution < 1.29 is 9.53 Å². The highest BCUT2D eigenvalue weighted by Crippen LogP contribution is 2.27. The van der Waals surface area contributed by atoms with Gasteiger partial charge in [0.15, 0.2) is 0 Å². The van der Waals surface area contributed by atoms with E-state index < -0.39 is 0 Å². The molecule has 2 aromatic rings. The minimum atomic E-state index is -0.0468. The molecule has 0 unspecified atom stereocenters. The maximum absolute atomic E-state index is 10.7. The van der Waals surface area contributed by atoms with Crippen LogP contribution in [0.15, 0.2) is 36.4 Å². The number of para-hydroxylation sites is 1. The van der Waals surface area contributed by atoms with Crippen LogP contribution in [0.3, 0.4) is 0 Å². The average Bonchev–Trinajstić information content (AvgIpc) is 2.52. The standard InChI is InChI=1S/C15H18N4O2/c1-11(20)16-9-10-17-15-8-7-13(18-19-15)12-5-3-4-6-14(12)21-2/h3-8H,9-10H2,1-2H3,(H,16,20)(H,17,19). The van der Waals surface area contributed by atoms with E-state index in [0.29, 0.717) is 18.9 Å². The number of anilines is 1. The summed E-state index contributed by atoms with van der Waals surface area (Å²) in [6, 6.07) is 11.4. The molecular weight excluding hydrogens is 268 g/mol. The molecule has 110 valence electrons. The first-order valence-electron chi connectivity index (χ1n) is 6.66. The van der Waals surface area contributed by atoms with Crippen molar-refractivity contribution in [2.75, 3.05) is 25.5 Å². The van der Waals surface area contributed by atoms with E-state index in [1.165, 1.54) is 6.92 Å². The van der Waals surface area contributed by atoms with Gasteiger partial charge in [0, 0.05) is 25.6 Å². The maximum Gasteiger partial charge on any atom is 0.216 e. The molecule has 1 aromatic carbocycles. The van der Waals surface area contributed by atoms with Gasteiger partial charge in [0.2, 0.25) is 5.91 Å². The first-order chi connectivity index (χ1) is 10.2. The zero-order valence-corrected chi connectivity index (χ0v) is 12.1. The molecule has 2 rings (SSSR count). The summed E-state index contributed by atoms with van der Waals surface area (Å²) < 4.78 is 5.31. The van der Waals surface area contributed by atoms with Crippen LogP contribution in [0.4, 0.5) is 5.82 Å². The molecule has 0 aliphatic rings. The van der Waals surface area contributed by atoms with E-state index in [1.54, 1.807) is 7.11 Å². The van der Waals surface area contributed by atoms with Gasteiger partial charge in [-0.25, -0.2) is 0 Å². The molecule has 0 radical (unpaired) electrons. The van der Waals surface area contributed by atoms with Crippen molar-refractivity contribution in [3.63, 3.8) is 0 Å². The Kier molecular flexibility index (Phi) is 5.09. The largest absolute Gasteiger partial charge is 0.496 e. The number of methoxy groups -OCH3 is 1. The van der Waals surface area contributed by atoms with Crippen LogP contribution in [0.5, 0.6) is 5.75 Å². The lowest BCUT2D eigenvalue weighted by atomic mass is 10.1. The van der Waals surface area contributed by atoms with Crippen molar-refractivity contribution in [2.24, 2.45) is 0 Å². The third-order valence-corrected chi connectivity index (χ3v) is 2.85. The quantitative estimate of drug-likeness (QED) is 0.790. The van der Waals surface area contributed by atoms with Crippen LogP contribution in [0, 0.1) is 0 Å². The second-order valence-electron chi connectivity index (χ2n) is 4.41. The van der Waals surface area contributed by atoms with E-state index >= 15 is 0 Å². The second kappa shape index (κ2) is 7.23. The molecular formula is C15H18N4O2. The van der Waals surface area contributed by atoms with E-state index in [2.05, 4.69) is 20.8 Å². The van der Waals surface area contributed by atoms with Crippen LogP contribution in [-0.4, -0.2) is 36.3 Å². The number of benzene rings is 1. The zero-order chi connectivity index (χ0) is 15.1. The number of hydrogen-bond acceptors (Lipinski definition) is 5. The van der Waals surface area contributed by atoms with Crippen molar-refractivity contribution >= 4 is 11.7 Å². The van der Waals surface area contributed by atoms with Gasteiger partial charge >= 0.3 is 0 Å². The van der Waals surface area contributed by atoms with Gasteiger partial charge in [-0.2, -0.15) is 0 Å². The molecule has 0 spiro atoms. The number of carbonyl (C=O) groups excluding carboxylic acids is 1. The smallest absolute Gasteiger partial charge is 0.216 e. The highest BCUT2D eigenvalue weighted by atomic mass is 16.5. The van der Waals surface area contributed by atoms with Gasteiger partial charge in [0.1, 0.15) is 11.6 Å². The molecule has 1 aromatic heterocycles. The predicted octanol–water partition coefficient (Wildman–Crippen LogP) is 1.70. The van der Waals surface area contributed by atoms with Crippen molar-refractivity contribution in [2.45, 2.75) is 6.92 Å². The molecule has 0 saturated heterocycles. The number of amides is 1. The molecule has 21 heavy (non-hydrogen) atoms. The fourth-order valence-corrected chi connectivity index (χ4v) is 1.86. The molecule has 6 nitrogen and oxygen atoms in total. The second-order valence-corrected chi connectivity index (χ2v) is 4.41. The normalized spacial score (nSPS) is 10.0. The first kappa shape index (κ1) is 14.8. The summed E-state index contributed by atoms with van der Waals surface area (Å²) in [6.45, 7) is 2.63. The van der Waals surface area contributed by atoms with E-state index in [4.69, 9.17) is 4.74 Å². The lowest BCUT2D eigenvalue weighted by Crippen LogP contribution is -2.26. The molecule has 0 fully saturated rings. The molecule has 2 N–H and O–H groups in total. The number of hydrogen-bond donors (Lipinski definition) is 2. The highest BCUT2D eigenvalue weighted by molar-refractivity contribution is 5.72. The van der Waals surface area contributed by atoms with Crippen LogP contribution in [-0.2, 0) is 4.79 Å². The highest BCUT2D eigenvalue weighted by Gasteiger charge is 2.06. The minimum absolute atomic E-state index is 0.0468. The van der Waals surface area contributed by atoms with Crippen molar-refractivity contribution in [3.8, 4) is 17.0 Å². The monoisotopic (exact) mass is 286 g/mol. The minimum Gasteiger partial charge on any atom is -0.496 e. The summed E-state index contributed by atoms with van der Waals surface area (Å²) >= 11 is 0. The summed E-state index contributed by atoms with van der Waals surface area (Å²) in [5, 5.41) is 14.1. The predicted molar refractivity (Wildman–Crippen MR) is 81.2 cm³/mol. The Balaban J connectivity index is 2.00. The third kappa shape index (κ3) is 4.17. The topological polar surface area (TPSA) is 76.1 Å². The molecule has 0 bridgehead atoms. The van der Waals surface area contributed by atoms with Gasteiger partial charge in [0.25, 0.3) is 0 Å². The van der Waals surface area contributed by atoms with E-state index in [0.717, 1.165) is 17.0 Å². The summed E-state index contributed by atoms with van der Waals surface area (Å²) in [5.74, 6) is 1.38. The summed E-state index contributed by atoms with van der Waals surface area (Å²) in [7, 11) is 1.63. The zero-order valence-electron chi connectivity index (χ0n) is 12.1. The lowest BCUT2D eigenvalue weighted by molar-refractivity contribution is -0.118. The van der Waals surface area contributed by atoms with Gasteiger partial charge in [-0.1, -0.05) is 12.1 Å². The molecule has 0 aliphatic carbocycles. The van der Waals surface area contributed by atoms with Crippen molar-refractivity contribution in [3.05, 3.63) is 36.4 Å². The maximum atomic E-state index is 10.7. The number of rotatable bonds is 6. The molecule has 0 aliphatic heterocycles. The molecule has 1 heterocycles. The van der Waals surface area contributed by atoms with Crippen molar-refractivity contribution in [1.82, 2.24) is 15.5 Å². The van der Waals surface area contributed by atoms with Gasteiger partial charge in [-0.15, -0.1) is 10.2 Å². The van der Waals surface area contributed by atoms with E-state index in [9.17, 15) is 4.79 Å². The van der Waals surface area contributed by atoms with Gasteiger partial charge in [-0.05, 0) is 24.3 Å². The van der Waals surface area contributed by atoms with Crippen LogP contribution >= 0.6 is 0 Å². The van der Waals surface area contributed by atoms with Gasteiger partial charge < -0.3 is 15.4 Å². The van der Waals surface area contributed by atoms with Gasteiger partial charge in [-0.3, -0.25) is 4.79 Å². The molecule has 0 saturated carbocycles. The van der Waals surface area contributed by atoms with Crippen LogP contribution in [0.2, 0.25) is 0 Å². The summed E-state index contributed by atoms with van der Waals surface area (Å²) in [4.78, 5) is 10.7. The van der Waals surface area contributed by atoms with E-state index in [-0.39, 0.29) is 5.91 Å². The lowest BCUT2D eigenvalue weighted by Gasteiger charge is -2.08. The Bertz CT molecular complexity index is 599. The van der Waals surface area contributed by atoms with Crippen molar-refractivity contribution in [1.29, 1.82) is 0 Å². The average molecular weight is 286 g/mol. The van der Waals surface area contributed by atoms with Crippen LogP contribution in [0.25, 0.3) is 11.3 Å². The number of carbonyl (C=O) groups is 1. The number of nitrogens with zero attached hydrogens (tertiary/aromatic N) is 2. The van der Waals surface area contributed by atoms with Crippen LogP contribution in [0.1, 0.15) is 6.92 Å². The number of aromatic nitrogens is 2. The fourth-order valence-electron chi connectivity index (χ4n) is 1.86. The fraction of sp³-hybridized carbons (Fsp3) is 0.267. The summed E-state index contributed by atoms with van der Waals surface area (Å²) in [5.41, 5.74) is 1.65. The first-order valence-corrected chi connectivity index (χ1v) is 6.66. The third-order valence-electron chi connectivity index (χ3n) is 2.85. The molecule has 0 atom stereocenters. The molecule has 6 heteroatoms. The Morgan fingerprint density at radius 1 is 1.14 bits per heavy atom. The number of nitrogens with one attached hydrogen (secondary N) is 2. The van der Waals surface area contributed by atoms with E-state index in [1.807, 2.05) is 36.4 Å². The van der Waals surface area contributed by atoms with Gasteiger partial charge in [0.05, 0.1) is 12.8 Å². The Morgan fingerprint density at radius 3 is 2.62 bits per heavy atom. The summed E-state index contributed by atoms with van der Waals surface area (Å²) in [6.07, 6.45) is 0. The number of ether oxygens (including phenoxy) is 1. The Hall–Kier alpha value is -2.63.